The molecular formula is C23H31F3N8O. The van der Waals surface area contributed by atoms with Gasteiger partial charge in [-0.1, -0.05) is 19.9 Å². The number of alkyl halides is 3. The number of nitrogens with zero attached hydrogens (tertiary/aromatic N) is 6. The van der Waals surface area contributed by atoms with Crippen LogP contribution < -0.4 is 15.5 Å². The molecule has 3 aromatic heterocycles. The van der Waals surface area contributed by atoms with Gasteiger partial charge in [-0.3, -0.25) is 4.68 Å². The van der Waals surface area contributed by atoms with E-state index in [0.717, 1.165) is 30.9 Å². The molecule has 190 valence electrons. The van der Waals surface area contributed by atoms with Crippen molar-refractivity contribution in [3.8, 4) is 0 Å². The Labute approximate surface area is 202 Å². The lowest BCUT2D eigenvalue weighted by atomic mass is 10.1. The van der Waals surface area contributed by atoms with Gasteiger partial charge in [-0.15, -0.1) is 0 Å². The molecule has 35 heavy (non-hydrogen) atoms. The maximum atomic E-state index is 12.5. The number of fused-ring (bicyclic) bond motifs is 1. The van der Waals surface area contributed by atoms with E-state index in [1.165, 1.54) is 0 Å². The number of piperazine rings is 1. The molecular weight excluding hydrogens is 461 g/mol. The van der Waals surface area contributed by atoms with Gasteiger partial charge in [0.25, 0.3) is 0 Å². The molecule has 1 aliphatic heterocycles. The molecule has 3 aromatic rings. The summed E-state index contributed by atoms with van der Waals surface area (Å²) in [5, 5.41) is 11.4. The molecule has 0 unspecified atom stereocenters. The van der Waals surface area contributed by atoms with Crippen LogP contribution in [0.5, 0.6) is 0 Å². The van der Waals surface area contributed by atoms with E-state index in [4.69, 9.17) is 19.8 Å². The maximum Gasteiger partial charge on any atom is 0.411 e. The van der Waals surface area contributed by atoms with E-state index in [0.29, 0.717) is 28.6 Å². The minimum atomic E-state index is -4.38. The number of anilines is 3. The zero-order valence-corrected chi connectivity index (χ0v) is 20.4. The van der Waals surface area contributed by atoms with Crippen molar-refractivity contribution in [2.45, 2.75) is 52.4 Å². The van der Waals surface area contributed by atoms with Gasteiger partial charge in [0.05, 0.1) is 18.8 Å². The molecule has 9 nitrogen and oxygen atoms in total. The van der Waals surface area contributed by atoms with E-state index in [-0.39, 0.29) is 25.1 Å². The summed E-state index contributed by atoms with van der Waals surface area (Å²) in [6.45, 7) is 9.09. The molecule has 0 amide bonds. The van der Waals surface area contributed by atoms with E-state index in [1.54, 1.807) is 10.9 Å². The van der Waals surface area contributed by atoms with Gasteiger partial charge in [-0.05, 0) is 31.4 Å². The Morgan fingerprint density at radius 2 is 2.06 bits per heavy atom. The van der Waals surface area contributed by atoms with Crippen molar-refractivity contribution in [1.82, 2.24) is 30.0 Å². The van der Waals surface area contributed by atoms with Gasteiger partial charge in [-0.2, -0.15) is 23.3 Å². The fourth-order valence-corrected chi connectivity index (χ4v) is 3.99. The Hall–Kier alpha value is -2.99. The van der Waals surface area contributed by atoms with E-state index in [9.17, 15) is 13.2 Å². The van der Waals surface area contributed by atoms with Gasteiger partial charge in [0.1, 0.15) is 23.5 Å². The second kappa shape index (κ2) is 10.3. The largest absolute Gasteiger partial charge is 0.411 e. The topological polar surface area (TPSA) is 93.0 Å². The number of hydrogen-bond acceptors (Lipinski definition) is 8. The number of pyridine rings is 1. The summed E-state index contributed by atoms with van der Waals surface area (Å²) >= 11 is 0. The van der Waals surface area contributed by atoms with Gasteiger partial charge in [-0.25, -0.2) is 9.97 Å². The average molecular weight is 493 g/mol. The molecule has 1 saturated heterocycles. The molecule has 4 heterocycles. The third-order valence-corrected chi connectivity index (χ3v) is 5.67. The van der Waals surface area contributed by atoms with Crippen LogP contribution in [-0.4, -0.2) is 69.8 Å². The van der Waals surface area contributed by atoms with Crippen LogP contribution in [0.3, 0.4) is 0 Å². The fourth-order valence-electron chi connectivity index (χ4n) is 3.99. The highest BCUT2D eigenvalue weighted by Gasteiger charge is 2.28. The van der Waals surface area contributed by atoms with Crippen LogP contribution in [-0.2, 0) is 11.3 Å². The molecule has 12 heteroatoms. The Kier molecular flexibility index (Phi) is 7.41. The normalized spacial score (nSPS) is 16.9. The van der Waals surface area contributed by atoms with Crippen LogP contribution in [0.1, 0.15) is 37.9 Å². The number of aromatic nitrogens is 5. The second-order valence-electron chi connectivity index (χ2n) is 9.15. The smallest absolute Gasteiger partial charge is 0.370 e. The summed E-state index contributed by atoms with van der Waals surface area (Å²) in [6.07, 6.45) is -2.63. The van der Waals surface area contributed by atoms with Crippen molar-refractivity contribution in [1.29, 1.82) is 0 Å². The SMILES string of the molecule is Cc1ccc(Nc2nc(N3CCN[C@@H](C)C3)nc3c(C(C)C)nn(CCOCC(F)(F)F)c23)nc1. The van der Waals surface area contributed by atoms with Crippen LogP contribution >= 0.6 is 0 Å². The van der Waals surface area contributed by atoms with E-state index < -0.39 is 12.8 Å². The molecule has 1 aliphatic rings. The summed E-state index contributed by atoms with van der Waals surface area (Å²) < 4.78 is 44.1. The summed E-state index contributed by atoms with van der Waals surface area (Å²) in [4.78, 5) is 16.3. The van der Waals surface area contributed by atoms with Crippen molar-refractivity contribution in [3.05, 3.63) is 29.6 Å². The summed E-state index contributed by atoms with van der Waals surface area (Å²) in [6, 6.07) is 4.08. The zero-order chi connectivity index (χ0) is 25.2. The van der Waals surface area contributed by atoms with E-state index in [1.807, 2.05) is 32.9 Å². The predicted octanol–water partition coefficient (Wildman–Crippen LogP) is 3.77. The third kappa shape index (κ3) is 6.17. The summed E-state index contributed by atoms with van der Waals surface area (Å²) in [5.41, 5.74) is 3.05. The van der Waals surface area contributed by atoms with E-state index >= 15 is 0 Å². The number of rotatable bonds is 8. The van der Waals surface area contributed by atoms with E-state index in [2.05, 4.69) is 27.4 Å². The summed E-state index contributed by atoms with van der Waals surface area (Å²) in [5.74, 6) is 1.73. The van der Waals surface area contributed by atoms with Gasteiger partial charge in [0, 0.05) is 31.9 Å². The molecule has 0 saturated carbocycles. The predicted molar refractivity (Wildman–Crippen MR) is 128 cm³/mol. The number of hydrogen-bond donors (Lipinski definition) is 2. The monoisotopic (exact) mass is 492 g/mol. The molecule has 0 aromatic carbocycles. The number of nitrogens with one attached hydrogen (secondary N) is 2. The molecule has 0 radical (unpaired) electrons. The zero-order valence-electron chi connectivity index (χ0n) is 20.4. The van der Waals surface area contributed by atoms with Crippen LogP contribution in [0.15, 0.2) is 18.3 Å². The van der Waals surface area contributed by atoms with Crippen LogP contribution in [0, 0.1) is 6.92 Å². The summed E-state index contributed by atoms with van der Waals surface area (Å²) in [7, 11) is 0. The molecule has 4 rings (SSSR count). The number of halogens is 3. The van der Waals surface area contributed by atoms with Crippen molar-refractivity contribution in [3.63, 3.8) is 0 Å². The first-order valence-corrected chi connectivity index (χ1v) is 11.7. The Balaban J connectivity index is 1.76. The Morgan fingerprint density at radius 1 is 1.26 bits per heavy atom. The first-order valence-electron chi connectivity index (χ1n) is 11.7. The molecule has 1 atom stereocenters. The number of aryl methyl sites for hydroxylation is 1. The molecule has 0 bridgehead atoms. The Morgan fingerprint density at radius 3 is 2.71 bits per heavy atom. The number of ether oxygens (including phenoxy) is 1. The second-order valence-corrected chi connectivity index (χ2v) is 9.15. The maximum absolute atomic E-state index is 12.5. The minimum Gasteiger partial charge on any atom is -0.370 e. The third-order valence-electron chi connectivity index (χ3n) is 5.67. The average Bonchev–Trinajstić information content (AvgIpc) is 3.17. The standard InChI is InChI=1S/C23H31F3N8O/c1-14(2)18-19-20(34(32-18)9-10-35-13-23(24,25)26)21(29-17-6-5-15(3)11-28-17)31-22(30-19)33-8-7-27-16(4)12-33/h5-6,11,14,16,27H,7-10,12-13H2,1-4H3,(H,28,29,30,31)/t16-/m0/s1. The molecule has 2 N–H and O–H groups in total. The van der Waals surface area contributed by atoms with Crippen LogP contribution in [0.2, 0.25) is 0 Å². The van der Waals surface area contributed by atoms with Crippen molar-refractivity contribution < 1.29 is 17.9 Å². The first-order chi connectivity index (χ1) is 16.6. The molecule has 0 spiro atoms. The van der Waals surface area contributed by atoms with Crippen LogP contribution in [0.4, 0.5) is 30.8 Å². The Bertz CT molecular complexity index is 1150. The van der Waals surface area contributed by atoms with Gasteiger partial charge in [0.2, 0.25) is 5.95 Å². The highest BCUT2D eigenvalue weighted by Crippen LogP contribution is 2.31. The van der Waals surface area contributed by atoms with Crippen molar-refractivity contribution in [2.24, 2.45) is 0 Å². The highest BCUT2D eigenvalue weighted by atomic mass is 19.4. The van der Waals surface area contributed by atoms with Crippen molar-refractivity contribution in [2.75, 3.05) is 43.1 Å². The molecule has 1 fully saturated rings. The van der Waals surface area contributed by atoms with Gasteiger partial charge >= 0.3 is 6.18 Å². The minimum absolute atomic E-state index is 0.0462. The quantitative estimate of drug-likeness (QED) is 0.459. The first kappa shape index (κ1) is 25.1. The van der Waals surface area contributed by atoms with Gasteiger partial charge in [0.15, 0.2) is 5.82 Å². The van der Waals surface area contributed by atoms with Crippen LogP contribution in [0.25, 0.3) is 11.0 Å². The molecule has 0 aliphatic carbocycles. The fraction of sp³-hybridized carbons (Fsp3) is 0.565. The van der Waals surface area contributed by atoms with Crippen molar-refractivity contribution >= 4 is 28.6 Å². The lowest BCUT2D eigenvalue weighted by Gasteiger charge is -2.32. The lowest BCUT2D eigenvalue weighted by molar-refractivity contribution is -0.174. The highest BCUT2D eigenvalue weighted by molar-refractivity contribution is 5.90. The lowest BCUT2D eigenvalue weighted by Crippen LogP contribution is -2.49. The van der Waals surface area contributed by atoms with Gasteiger partial charge < -0.3 is 20.3 Å².